The van der Waals surface area contributed by atoms with E-state index in [1.54, 1.807) is 36.4 Å². The Bertz CT molecular complexity index is 1140. The molecule has 146 valence electrons. The van der Waals surface area contributed by atoms with E-state index in [9.17, 15) is 13.7 Å². The zero-order chi connectivity index (χ0) is 20.4. The van der Waals surface area contributed by atoms with E-state index in [0.29, 0.717) is 5.02 Å². The molecule has 6 heteroatoms. The molecule has 3 aromatic carbocycles. The highest BCUT2D eigenvalue weighted by atomic mass is 35.5. The molecule has 0 saturated heterocycles. The van der Waals surface area contributed by atoms with E-state index in [1.807, 2.05) is 48.5 Å². The highest BCUT2D eigenvalue weighted by Gasteiger charge is 2.47. The summed E-state index contributed by atoms with van der Waals surface area (Å²) in [5, 5.41) is 9.88. The van der Waals surface area contributed by atoms with Crippen LogP contribution < -0.4 is 0 Å². The summed E-state index contributed by atoms with van der Waals surface area (Å²) in [6.45, 7) is -0.157. The Morgan fingerprint density at radius 2 is 1.52 bits per heavy atom. The van der Waals surface area contributed by atoms with Gasteiger partial charge in [-0.05, 0) is 47.4 Å². The second kappa shape index (κ2) is 8.00. The third-order valence-corrected chi connectivity index (χ3v) is 7.36. The fourth-order valence-electron chi connectivity index (χ4n) is 3.61. The molecule has 0 radical (unpaired) electrons. The van der Waals surface area contributed by atoms with Gasteiger partial charge in [-0.2, -0.15) is 9.57 Å². The third-order valence-electron chi connectivity index (χ3n) is 5.22. The number of sulfonamides is 1. The number of hydrogen-bond acceptors (Lipinski definition) is 3. The van der Waals surface area contributed by atoms with Gasteiger partial charge in [0, 0.05) is 17.0 Å². The van der Waals surface area contributed by atoms with Crippen LogP contribution in [0, 0.1) is 11.3 Å². The molecule has 2 atom stereocenters. The molecule has 0 aromatic heterocycles. The van der Waals surface area contributed by atoms with Gasteiger partial charge in [0.2, 0.25) is 10.0 Å². The monoisotopic (exact) mass is 422 g/mol. The highest BCUT2D eigenvalue weighted by Crippen LogP contribution is 2.46. The summed E-state index contributed by atoms with van der Waals surface area (Å²) in [7, 11) is -3.76. The van der Waals surface area contributed by atoms with Crippen molar-refractivity contribution in [1.29, 1.82) is 5.26 Å². The first kappa shape index (κ1) is 19.7. The van der Waals surface area contributed by atoms with Crippen LogP contribution in [-0.2, 0) is 10.0 Å². The summed E-state index contributed by atoms with van der Waals surface area (Å²) in [6, 6.07) is 25.8. The van der Waals surface area contributed by atoms with E-state index in [-0.39, 0.29) is 23.4 Å². The van der Waals surface area contributed by atoms with Crippen molar-refractivity contribution in [2.75, 3.05) is 6.54 Å². The zero-order valence-corrected chi connectivity index (χ0v) is 17.1. The predicted octanol–water partition coefficient (Wildman–Crippen LogP) is 5.08. The predicted molar refractivity (Wildman–Crippen MR) is 114 cm³/mol. The molecule has 1 aliphatic carbocycles. The average molecular weight is 423 g/mol. The van der Waals surface area contributed by atoms with Crippen molar-refractivity contribution in [2.45, 2.75) is 23.3 Å². The van der Waals surface area contributed by atoms with Crippen LogP contribution in [0.15, 0.2) is 83.8 Å². The summed E-state index contributed by atoms with van der Waals surface area (Å²) in [5.74, 6) is 0.132. The van der Waals surface area contributed by atoms with Crippen molar-refractivity contribution < 1.29 is 8.42 Å². The first-order valence-corrected chi connectivity index (χ1v) is 11.1. The Morgan fingerprint density at radius 3 is 2.10 bits per heavy atom. The van der Waals surface area contributed by atoms with Crippen LogP contribution in [0.1, 0.15) is 17.9 Å². The van der Waals surface area contributed by atoms with Crippen molar-refractivity contribution >= 4 is 21.6 Å². The second-order valence-corrected chi connectivity index (χ2v) is 9.39. The lowest BCUT2D eigenvalue weighted by Crippen LogP contribution is -2.34. The molecule has 0 unspecified atom stereocenters. The number of benzene rings is 3. The Labute approximate surface area is 176 Å². The minimum absolute atomic E-state index is 0.132. The van der Waals surface area contributed by atoms with Crippen LogP contribution in [0.3, 0.4) is 0 Å². The van der Waals surface area contributed by atoms with Crippen molar-refractivity contribution in [3.63, 3.8) is 0 Å². The summed E-state index contributed by atoms with van der Waals surface area (Å²) in [6.07, 6.45) is 0.730. The van der Waals surface area contributed by atoms with E-state index in [2.05, 4.69) is 0 Å². The lowest BCUT2D eigenvalue weighted by Gasteiger charge is -2.20. The van der Waals surface area contributed by atoms with Crippen molar-refractivity contribution in [1.82, 2.24) is 4.31 Å². The molecule has 0 heterocycles. The van der Waals surface area contributed by atoms with Crippen LogP contribution in [0.5, 0.6) is 0 Å². The number of nitrogens with zero attached hydrogens (tertiary/aromatic N) is 2. The van der Waals surface area contributed by atoms with Crippen LogP contribution in [0.4, 0.5) is 0 Å². The Balaban J connectivity index is 1.59. The molecule has 0 bridgehead atoms. The Hall–Kier alpha value is -2.65. The topological polar surface area (TPSA) is 61.2 Å². The summed E-state index contributed by atoms with van der Waals surface area (Å²) < 4.78 is 27.8. The maximum Gasteiger partial charge on any atom is 0.244 e. The lowest BCUT2D eigenvalue weighted by atomic mass is 10.1. The van der Waals surface area contributed by atoms with Crippen LogP contribution in [-0.4, -0.2) is 25.3 Å². The SMILES string of the molecule is N#CCN([C@@H]1C[C@H]1c1ccccc1)S(=O)(=O)c1ccc(-c2ccc(Cl)cc2)cc1. The quantitative estimate of drug-likeness (QED) is 0.520. The van der Waals surface area contributed by atoms with Crippen molar-refractivity contribution in [3.8, 4) is 17.2 Å². The molecule has 0 spiro atoms. The average Bonchev–Trinajstić information content (AvgIpc) is 3.53. The van der Waals surface area contributed by atoms with Gasteiger partial charge in [-0.15, -0.1) is 0 Å². The molecule has 0 N–H and O–H groups in total. The van der Waals surface area contributed by atoms with Gasteiger partial charge < -0.3 is 0 Å². The Kier molecular flexibility index (Phi) is 5.42. The Morgan fingerprint density at radius 1 is 0.931 bits per heavy atom. The second-order valence-electron chi connectivity index (χ2n) is 7.06. The van der Waals surface area contributed by atoms with E-state index in [4.69, 9.17) is 11.6 Å². The first-order valence-electron chi connectivity index (χ1n) is 9.30. The molecule has 0 aliphatic heterocycles. The highest BCUT2D eigenvalue weighted by molar-refractivity contribution is 7.89. The summed E-state index contributed by atoms with van der Waals surface area (Å²) >= 11 is 5.93. The number of nitriles is 1. The molecular formula is C23H19ClN2O2S. The summed E-state index contributed by atoms with van der Waals surface area (Å²) in [5.41, 5.74) is 2.97. The molecule has 4 rings (SSSR count). The number of hydrogen-bond donors (Lipinski definition) is 0. The zero-order valence-electron chi connectivity index (χ0n) is 15.6. The molecular weight excluding hydrogens is 404 g/mol. The molecule has 0 amide bonds. The van der Waals surface area contributed by atoms with Gasteiger partial charge in [0.1, 0.15) is 6.54 Å². The largest absolute Gasteiger partial charge is 0.244 e. The number of rotatable bonds is 6. The van der Waals surface area contributed by atoms with Gasteiger partial charge in [0.25, 0.3) is 0 Å². The fourth-order valence-corrected chi connectivity index (χ4v) is 5.30. The maximum absolute atomic E-state index is 13.2. The van der Waals surface area contributed by atoms with E-state index < -0.39 is 10.0 Å². The molecule has 1 fully saturated rings. The lowest BCUT2D eigenvalue weighted by molar-refractivity contribution is 0.433. The van der Waals surface area contributed by atoms with Gasteiger partial charge in [-0.1, -0.05) is 66.2 Å². The van der Waals surface area contributed by atoms with Crippen molar-refractivity contribution in [3.05, 3.63) is 89.4 Å². The normalized spacial score (nSPS) is 18.4. The number of halogens is 1. The molecule has 1 saturated carbocycles. The van der Waals surface area contributed by atoms with E-state index in [1.165, 1.54) is 4.31 Å². The van der Waals surface area contributed by atoms with Gasteiger partial charge in [0.15, 0.2) is 0 Å². The minimum atomic E-state index is -3.76. The van der Waals surface area contributed by atoms with Gasteiger partial charge in [-0.25, -0.2) is 8.42 Å². The third kappa shape index (κ3) is 4.06. The smallest absolute Gasteiger partial charge is 0.207 e. The maximum atomic E-state index is 13.2. The molecule has 1 aliphatic rings. The molecule has 29 heavy (non-hydrogen) atoms. The van der Waals surface area contributed by atoms with Crippen LogP contribution in [0.25, 0.3) is 11.1 Å². The van der Waals surface area contributed by atoms with Crippen LogP contribution in [0.2, 0.25) is 5.02 Å². The van der Waals surface area contributed by atoms with Gasteiger partial charge >= 0.3 is 0 Å². The molecule has 3 aromatic rings. The minimum Gasteiger partial charge on any atom is -0.207 e. The van der Waals surface area contributed by atoms with Gasteiger partial charge in [0.05, 0.1) is 11.0 Å². The summed E-state index contributed by atoms with van der Waals surface area (Å²) in [4.78, 5) is 0.198. The van der Waals surface area contributed by atoms with Crippen LogP contribution >= 0.6 is 11.6 Å². The van der Waals surface area contributed by atoms with Gasteiger partial charge in [-0.3, -0.25) is 0 Å². The van der Waals surface area contributed by atoms with Crippen molar-refractivity contribution in [2.24, 2.45) is 0 Å². The standard InChI is InChI=1S/C23H19ClN2O2S/c24-20-10-6-17(7-11-20)18-8-12-21(13-9-18)29(27,28)26(15-14-25)23-16-22(23)19-4-2-1-3-5-19/h1-13,22-23H,15-16H2/t22-,23+/m0/s1. The first-order chi connectivity index (χ1) is 14.0. The fraction of sp³-hybridized carbons (Fsp3) is 0.174. The molecule has 4 nitrogen and oxygen atoms in total. The van der Waals surface area contributed by atoms with E-state index in [0.717, 1.165) is 23.1 Å². The van der Waals surface area contributed by atoms with E-state index >= 15 is 0 Å².